The van der Waals surface area contributed by atoms with Crippen LogP contribution >= 0.6 is 0 Å². The number of likely N-dealkylation sites (tertiary alicyclic amines) is 2. The van der Waals surface area contributed by atoms with Gasteiger partial charge in [0.2, 0.25) is 0 Å². The number of carbonyl (C=O) groups excluding carboxylic acids is 1. The maximum absolute atomic E-state index is 13.4. The average Bonchev–Trinajstić information content (AvgIpc) is 3.44. The van der Waals surface area contributed by atoms with Crippen LogP contribution in [0.3, 0.4) is 0 Å². The van der Waals surface area contributed by atoms with E-state index in [0.717, 1.165) is 83.1 Å². The van der Waals surface area contributed by atoms with Crippen LogP contribution in [0.25, 0.3) is 0 Å². The highest BCUT2D eigenvalue weighted by Gasteiger charge is 2.57. The van der Waals surface area contributed by atoms with E-state index < -0.39 is 41.8 Å². The molecule has 6 rings (SSSR count). The van der Waals surface area contributed by atoms with Gasteiger partial charge in [0.15, 0.2) is 0 Å². The van der Waals surface area contributed by atoms with Crippen molar-refractivity contribution in [3.63, 3.8) is 0 Å². The highest BCUT2D eigenvalue weighted by atomic mass is 32.2. The van der Waals surface area contributed by atoms with Crippen molar-refractivity contribution in [2.24, 2.45) is 23.2 Å². The molecule has 294 valence electrons. The predicted molar refractivity (Wildman–Crippen MR) is 190 cm³/mol. The lowest BCUT2D eigenvalue weighted by atomic mass is 9.52. The maximum Gasteiger partial charge on any atom is 0.453 e. The summed E-state index contributed by atoms with van der Waals surface area (Å²) >= 11 is 0. The molecule has 2 unspecified atom stereocenters. The molecule has 52 heavy (non-hydrogen) atoms. The summed E-state index contributed by atoms with van der Waals surface area (Å²) < 4.78 is 82.9. The number of hydroxylamine groups is 1. The van der Waals surface area contributed by atoms with Crippen LogP contribution in [0.1, 0.15) is 101 Å². The van der Waals surface area contributed by atoms with Gasteiger partial charge in [0, 0.05) is 59.9 Å². The second-order valence-electron chi connectivity index (χ2n) is 16.6. The van der Waals surface area contributed by atoms with Crippen molar-refractivity contribution in [3.05, 3.63) is 29.3 Å². The van der Waals surface area contributed by atoms with Gasteiger partial charge in [0.1, 0.15) is 5.75 Å². The normalized spacial score (nSPS) is 31.4. The lowest BCUT2D eigenvalue weighted by Gasteiger charge is -2.53. The number of alkyl halides is 5. The minimum atomic E-state index is -5.60. The molecule has 0 radical (unpaired) electrons. The van der Waals surface area contributed by atoms with Gasteiger partial charge in [-0.25, -0.2) is 10.3 Å². The average molecular weight is 761 g/mol. The third kappa shape index (κ3) is 8.81. The molecule has 0 bridgehead atoms. The molecule has 7 atom stereocenters. The fourth-order valence-corrected chi connectivity index (χ4v) is 11.8. The second kappa shape index (κ2) is 16.5. The minimum absolute atomic E-state index is 0.0126. The van der Waals surface area contributed by atoms with Crippen molar-refractivity contribution in [2.45, 2.75) is 127 Å². The summed E-state index contributed by atoms with van der Waals surface area (Å²) in [4.78, 5) is 18.0. The summed E-state index contributed by atoms with van der Waals surface area (Å²) in [6.45, 7) is 6.46. The van der Waals surface area contributed by atoms with E-state index >= 15 is 0 Å². The highest BCUT2D eigenvalue weighted by molar-refractivity contribution is 7.84. The van der Waals surface area contributed by atoms with Crippen LogP contribution in [0.2, 0.25) is 0 Å². The number of benzene rings is 1. The quantitative estimate of drug-likeness (QED) is 0.153. The number of piperidine rings is 2. The van der Waals surface area contributed by atoms with Gasteiger partial charge < -0.3 is 25.1 Å². The number of halogens is 5. The van der Waals surface area contributed by atoms with Crippen LogP contribution in [0, 0.1) is 23.2 Å². The first-order chi connectivity index (χ1) is 24.7. The second-order valence-corrected chi connectivity index (χ2v) is 18.3. The molecule has 2 aliphatic heterocycles. The third-order valence-electron chi connectivity index (χ3n) is 13.5. The van der Waals surface area contributed by atoms with Gasteiger partial charge >= 0.3 is 18.2 Å². The topological polar surface area (TPSA) is 94.1 Å². The van der Waals surface area contributed by atoms with Gasteiger partial charge in [-0.15, -0.1) is 0 Å². The van der Waals surface area contributed by atoms with Crippen molar-refractivity contribution in [3.8, 4) is 5.75 Å². The fourth-order valence-electron chi connectivity index (χ4n) is 10.6. The standard InChI is InChI=1S/C38H57F5N4O4S/c1-36-16-10-31-30-7-6-29(51-35(48)44-27-11-19-47(20-12-27)28-13-17-46(2)18-14-28)24-26(30)23-25(34(31)32(36)8-9-33(36)45-49)5-3-21-52(50)22-4-15-37(39,40)38(41,42)43/h6-7,24-25,27-28,31-34,45,49H,3-5,8-23H2,1-2H3,(H,44,48)/t25-,31-,32+,33?,34-,36+,52?/m1/s1. The molecule has 1 aromatic rings. The predicted octanol–water partition coefficient (Wildman–Crippen LogP) is 7.27. The third-order valence-corrected chi connectivity index (χ3v) is 15.0. The van der Waals surface area contributed by atoms with E-state index in [-0.39, 0.29) is 40.8 Å². The van der Waals surface area contributed by atoms with E-state index in [1.807, 2.05) is 12.1 Å². The van der Waals surface area contributed by atoms with Crippen LogP contribution in [-0.2, 0) is 17.2 Å². The van der Waals surface area contributed by atoms with E-state index in [4.69, 9.17) is 4.74 Å². The minimum Gasteiger partial charge on any atom is -0.410 e. The van der Waals surface area contributed by atoms with Gasteiger partial charge in [-0.2, -0.15) is 22.0 Å². The van der Waals surface area contributed by atoms with Crippen molar-refractivity contribution in [2.75, 3.05) is 44.7 Å². The molecule has 14 heteroatoms. The number of fused-ring (bicyclic) bond motifs is 5. The van der Waals surface area contributed by atoms with Gasteiger partial charge in [-0.05, 0) is 150 Å². The lowest BCUT2D eigenvalue weighted by molar-refractivity contribution is -0.284. The van der Waals surface area contributed by atoms with Gasteiger partial charge in [0.05, 0.1) is 0 Å². The molecule has 2 saturated carbocycles. The molecule has 0 aromatic heterocycles. The molecule has 4 fully saturated rings. The Bertz CT molecular complexity index is 1400. The van der Waals surface area contributed by atoms with Crippen molar-refractivity contribution < 1.29 is 40.9 Å². The smallest absolute Gasteiger partial charge is 0.410 e. The van der Waals surface area contributed by atoms with Crippen LogP contribution in [0.5, 0.6) is 5.75 Å². The van der Waals surface area contributed by atoms with E-state index in [0.29, 0.717) is 30.0 Å². The molecular formula is C38H57F5N4O4S. The number of nitrogens with one attached hydrogen (secondary N) is 2. The Morgan fingerprint density at radius 1 is 1.00 bits per heavy atom. The Balaban J connectivity index is 1.07. The zero-order valence-electron chi connectivity index (χ0n) is 30.6. The fraction of sp³-hybridized carbons (Fsp3) is 0.816. The molecule has 2 saturated heterocycles. The van der Waals surface area contributed by atoms with Crippen LogP contribution in [0.15, 0.2) is 18.2 Å². The van der Waals surface area contributed by atoms with Crippen LogP contribution in [0.4, 0.5) is 26.7 Å². The number of carbonyl (C=O) groups is 1. The molecule has 8 nitrogen and oxygen atoms in total. The van der Waals surface area contributed by atoms with Crippen molar-refractivity contribution in [1.82, 2.24) is 20.6 Å². The highest BCUT2D eigenvalue weighted by Crippen LogP contribution is 2.62. The van der Waals surface area contributed by atoms with E-state index in [1.54, 1.807) is 0 Å². The molecular weight excluding hydrogens is 703 g/mol. The Hall–Kier alpha value is -1.87. The SMILES string of the molecule is CN1CCC(N2CCC(NC(=O)Oc3ccc4c(c3)C[C@@H](CCCS(=O)CCCC(F)(F)C(F)(F)F)[C@@H]3[C@@H]4CC[C@]4(C)C(NO)CC[C@@H]34)CC2)CC1. The molecule has 1 amide bonds. The first kappa shape index (κ1) is 39.8. The monoisotopic (exact) mass is 760 g/mol. The number of hydrogen-bond donors (Lipinski definition) is 3. The Kier molecular flexibility index (Phi) is 12.6. The summed E-state index contributed by atoms with van der Waals surface area (Å²) in [6.07, 6.45) is 2.18. The summed E-state index contributed by atoms with van der Waals surface area (Å²) in [7, 11) is 0.678. The van der Waals surface area contributed by atoms with E-state index in [2.05, 4.69) is 40.6 Å². The Labute approximate surface area is 307 Å². The molecule has 0 spiro atoms. The largest absolute Gasteiger partial charge is 0.453 e. The Morgan fingerprint density at radius 3 is 2.40 bits per heavy atom. The summed E-state index contributed by atoms with van der Waals surface area (Å²) in [5.41, 5.74) is 4.92. The van der Waals surface area contributed by atoms with Gasteiger partial charge in [-0.3, -0.25) is 4.21 Å². The lowest BCUT2D eigenvalue weighted by Crippen LogP contribution is -2.51. The number of hydrogen-bond acceptors (Lipinski definition) is 7. The first-order valence-corrected chi connectivity index (χ1v) is 20.9. The maximum atomic E-state index is 13.4. The summed E-state index contributed by atoms with van der Waals surface area (Å²) in [5.74, 6) is -2.99. The molecule has 2 heterocycles. The summed E-state index contributed by atoms with van der Waals surface area (Å²) in [6, 6.07) is 6.70. The van der Waals surface area contributed by atoms with E-state index in [1.165, 1.54) is 18.4 Å². The van der Waals surface area contributed by atoms with Crippen molar-refractivity contribution in [1.29, 1.82) is 0 Å². The number of amides is 1. The number of nitrogens with zero attached hydrogens (tertiary/aromatic N) is 2. The van der Waals surface area contributed by atoms with Crippen molar-refractivity contribution >= 4 is 16.9 Å². The molecule has 3 N–H and O–H groups in total. The van der Waals surface area contributed by atoms with Crippen LogP contribution in [-0.4, -0.2) is 100 Å². The molecule has 5 aliphatic rings. The number of ether oxygens (including phenoxy) is 1. The Morgan fingerprint density at radius 2 is 1.71 bits per heavy atom. The van der Waals surface area contributed by atoms with Crippen LogP contribution < -0.4 is 15.5 Å². The molecule has 3 aliphatic carbocycles. The zero-order valence-corrected chi connectivity index (χ0v) is 31.4. The summed E-state index contributed by atoms with van der Waals surface area (Å²) in [5, 5.41) is 13.1. The van der Waals surface area contributed by atoms with Gasteiger partial charge in [-0.1, -0.05) is 13.0 Å². The molecule has 1 aromatic carbocycles. The first-order valence-electron chi connectivity index (χ1n) is 19.4. The van der Waals surface area contributed by atoms with Gasteiger partial charge in [0.25, 0.3) is 0 Å². The zero-order chi connectivity index (χ0) is 37.3. The number of rotatable bonds is 12. The van der Waals surface area contributed by atoms with E-state index in [9.17, 15) is 36.2 Å².